The van der Waals surface area contributed by atoms with Gasteiger partial charge in [0.05, 0.1) is 24.4 Å². The molecule has 0 aliphatic rings. The predicted octanol–water partition coefficient (Wildman–Crippen LogP) is 6.09. The molecular formula is C26H21ClF8N4O4. The number of nitrogens with one attached hydrogen (secondary N) is 2. The maximum atomic E-state index is 14.1. The molecule has 0 bridgehead atoms. The molecule has 43 heavy (non-hydrogen) atoms. The maximum Gasteiger partial charge on any atom is 0.522 e. The normalized spacial score (nSPS) is 12.6. The van der Waals surface area contributed by atoms with Gasteiger partial charge in [-0.2, -0.15) is 13.2 Å². The van der Waals surface area contributed by atoms with Crippen LogP contribution in [0.15, 0.2) is 36.4 Å². The number of hydrogen-bond acceptors (Lipinski definition) is 5. The van der Waals surface area contributed by atoms with E-state index >= 15 is 0 Å². The third-order valence-electron chi connectivity index (χ3n) is 5.80. The molecule has 0 radical (unpaired) electrons. The van der Waals surface area contributed by atoms with Crippen LogP contribution in [0, 0.1) is 11.6 Å². The van der Waals surface area contributed by atoms with Gasteiger partial charge < -0.3 is 15.2 Å². The first kappa shape index (κ1) is 33.5. The molecule has 2 N–H and O–H groups in total. The Kier molecular flexibility index (Phi) is 10.2. The van der Waals surface area contributed by atoms with Crippen LogP contribution in [0.3, 0.4) is 0 Å². The zero-order valence-electron chi connectivity index (χ0n) is 22.1. The number of anilines is 1. The molecule has 3 aromatic rings. The fourth-order valence-electron chi connectivity index (χ4n) is 4.02. The van der Waals surface area contributed by atoms with Crippen LogP contribution < -0.4 is 10.6 Å². The molecule has 0 spiro atoms. The Labute approximate surface area is 243 Å². The minimum absolute atomic E-state index is 0.0111. The van der Waals surface area contributed by atoms with Crippen molar-refractivity contribution in [1.29, 1.82) is 0 Å². The molecule has 3 rings (SSSR count). The lowest BCUT2D eigenvalue weighted by Crippen LogP contribution is -2.32. The summed E-state index contributed by atoms with van der Waals surface area (Å²) in [7, 11) is 0. The highest BCUT2D eigenvalue weighted by Gasteiger charge is 2.33. The first-order valence-corrected chi connectivity index (χ1v) is 12.5. The van der Waals surface area contributed by atoms with Crippen molar-refractivity contribution in [3.05, 3.63) is 81.3 Å². The molecule has 0 unspecified atom stereocenters. The van der Waals surface area contributed by atoms with Crippen molar-refractivity contribution >= 4 is 35.0 Å². The summed E-state index contributed by atoms with van der Waals surface area (Å²) in [4.78, 5) is 42.1. The molecule has 0 aliphatic carbocycles. The second-order valence-electron chi connectivity index (χ2n) is 9.08. The summed E-state index contributed by atoms with van der Waals surface area (Å²) in [6.07, 6.45) is -9.99. The number of ketones is 1. The fourth-order valence-corrected chi connectivity index (χ4v) is 4.30. The second kappa shape index (κ2) is 13.1. The predicted molar refractivity (Wildman–Crippen MR) is 136 cm³/mol. The first-order chi connectivity index (χ1) is 19.9. The number of halogens is 9. The van der Waals surface area contributed by atoms with Crippen LogP contribution in [-0.4, -0.2) is 46.7 Å². The summed E-state index contributed by atoms with van der Waals surface area (Å²) >= 11 is 6.24. The van der Waals surface area contributed by atoms with E-state index < -0.39 is 90.2 Å². The molecule has 17 heteroatoms. The summed E-state index contributed by atoms with van der Waals surface area (Å²) in [5.74, 6) is -7.30. The van der Waals surface area contributed by atoms with E-state index in [0.29, 0.717) is 12.1 Å². The highest BCUT2D eigenvalue weighted by Crippen LogP contribution is 2.36. The largest absolute Gasteiger partial charge is 0.522 e. The summed E-state index contributed by atoms with van der Waals surface area (Å²) in [6, 6.07) is 4.30. The molecule has 0 fully saturated rings. The third kappa shape index (κ3) is 8.73. The number of nitrogens with zero attached hydrogens (tertiary/aromatic N) is 2. The van der Waals surface area contributed by atoms with Gasteiger partial charge in [0.15, 0.2) is 5.82 Å². The first-order valence-electron chi connectivity index (χ1n) is 12.1. The van der Waals surface area contributed by atoms with E-state index in [1.54, 1.807) is 0 Å². The van der Waals surface area contributed by atoms with Crippen LogP contribution >= 0.6 is 11.6 Å². The number of hydrogen-bond donors (Lipinski definition) is 2. The molecule has 2 aromatic carbocycles. The van der Waals surface area contributed by atoms with E-state index in [4.69, 9.17) is 11.6 Å². The molecule has 8 nitrogen and oxygen atoms in total. The fraction of sp³-hybridized carbons (Fsp3) is 0.308. The number of benzene rings is 2. The van der Waals surface area contributed by atoms with Crippen molar-refractivity contribution in [3.63, 3.8) is 0 Å². The summed E-state index contributed by atoms with van der Waals surface area (Å²) in [5, 5.41) is 4.31. The van der Waals surface area contributed by atoms with Gasteiger partial charge in [-0.05, 0) is 48.9 Å². The van der Waals surface area contributed by atoms with E-state index in [2.05, 4.69) is 20.4 Å². The van der Waals surface area contributed by atoms with Crippen molar-refractivity contribution in [2.24, 2.45) is 0 Å². The van der Waals surface area contributed by atoms with Gasteiger partial charge in [-0.1, -0.05) is 18.5 Å². The van der Waals surface area contributed by atoms with Gasteiger partial charge in [-0.15, -0.1) is 13.2 Å². The molecule has 0 saturated heterocycles. The number of alkyl halides is 6. The number of carbonyl (C=O) groups is 3. The highest BCUT2D eigenvalue weighted by atomic mass is 35.5. The van der Waals surface area contributed by atoms with Crippen LogP contribution in [0.5, 0.6) is 0 Å². The summed E-state index contributed by atoms with van der Waals surface area (Å²) < 4.78 is 109. The quantitative estimate of drug-likeness (QED) is 0.206. The van der Waals surface area contributed by atoms with Crippen molar-refractivity contribution in [2.75, 3.05) is 18.5 Å². The molecule has 1 heterocycles. The number of ether oxygens (including phenoxy) is 1. The maximum absolute atomic E-state index is 14.1. The standard InChI is InChI=1S/C26H21ClF8N4O4/c1-12(40)11-39-20(13(2)18-10-16(28)3-4-19(18)27)21(37-22(39)24(42)36-5-6-43-26(33,34)35)38-23(41)14-7-15(25(30,31)32)9-17(29)8-14/h3-4,7-10,13H,5-6,11H2,1-2H3,(H,36,42)(H,38,41)/t13-/m0/s1. The molecule has 0 saturated carbocycles. The van der Waals surface area contributed by atoms with E-state index in [1.807, 2.05) is 0 Å². The Morgan fingerprint density at radius 1 is 1.00 bits per heavy atom. The zero-order valence-corrected chi connectivity index (χ0v) is 22.8. The molecule has 2 amide bonds. The van der Waals surface area contributed by atoms with Crippen molar-refractivity contribution in [1.82, 2.24) is 14.9 Å². The molecule has 0 aliphatic heterocycles. The average molecular weight is 641 g/mol. The van der Waals surface area contributed by atoms with Gasteiger partial charge in [0.1, 0.15) is 17.4 Å². The molecule has 1 atom stereocenters. The number of imidazole rings is 1. The van der Waals surface area contributed by atoms with Crippen LogP contribution in [0.4, 0.5) is 40.9 Å². The number of rotatable bonds is 10. The zero-order chi connectivity index (χ0) is 32.3. The number of amides is 2. The Morgan fingerprint density at radius 2 is 1.67 bits per heavy atom. The van der Waals surface area contributed by atoms with Gasteiger partial charge in [0.25, 0.3) is 11.8 Å². The average Bonchev–Trinajstić information content (AvgIpc) is 3.22. The lowest BCUT2D eigenvalue weighted by molar-refractivity contribution is -0.323. The van der Waals surface area contributed by atoms with Crippen LogP contribution in [0.1, 0.15) is 57.6 Å². The van der Waals surface area contributed by atoms with Crippen LogP contribution in [-0.2, 0) is 22.3 Å². The van der Waals surface area contributed by atoms with Gasteiger partial charge in [-0.3, -0.25) is 19.1 Å². The van der Waals surface area contributed by atoms with Crippen molar-refractivity contribution in [2.45, 2.75) is 38.8 Å². The van der Waals surface area contributed by atoms with Gasteiger partial charge in [-0.25, -0.2) is 13.8 Å². The summed E-state index contributed by atoms with van der Waals surface area (Å²) in [6.45, 7) is 0.293. The Hall–Kier alpha value is -4.05. The third-order valence-corrected chi connectivity index (χ3v) is 6.14. The van der Waals surface area contributed by atoms with E-state index in [-0.39, 0.29) is 22.3 Å². The summed E-state index contributed by atoms with van der Waals surface area (Å²) in [5.41, 5.74) is -2.33. The number of carbonyl (C=O) groups excluding carboxylic acids is 3. The van der Waals surface area contributed by atoms with Crippen molar-refractivity contribution < 1.29 is 54.2 Å². The molecule has 232 valence electrons. The highest BCUT2D eigenvalue weighted by molar-refractivity contribution is 6.31. The molecule has 1 aromatic heterocycles. The SMILES string of the molecule is CC(=O)Cn1c(C(=O)NCCOC(F)(F)F)nc(NC(=O)c2cc(F)cc(C(F)(F)F)c2)c1[C@@H](C)c1cc(F)ccc1Cl. The van der Waals surface area contributed by atoms with Crippen LogP contribution in [0.25, 0.3) is 0 Å². The number of aromatic nitrogens is 2. The minimum atomic E-state index is -5.00. The van der Waals surface area contributed by atoms with E-state index in [0.717, 1.165) is 23.6 Å². The Morgan fingerprint density at radius 3 is 2.28 bits per heavy atom. The lowest BCUT2D eigenvalue weighted by Gasteiger charge is -2.19. The topological polar surface area (TPSA) is 102 Å². The number of Topliss-reactive ketones (excluding diaryl/α,β-unsaturated/α-hetero) is 1. The van der Waals surface area contributed by atoms with E-state index in [1.165, 1.54) is 13.0 Å². The molecular weight excluding hydrogens is 620 g/mol. The minimum Gasteiger partial charge on any atom is -0.347 e. The van der Waals surface area contributed by atoms with Crippen molar-refractivity contribution in [3.8, 4) is 0 Å². The monoisotopic (exact) mass is 640 g/mol. The van der Waals surface area contributed by atoms with Gasteiger partial charge in [0, 0.05) is 23.0 Å². The van der Waals surface area contributed by atoms with Gasteiger partial charge in [0.2, 0.25) is 5.82 Å². The van der Waals surface area contributed by atoms with Crippen LogP contribution in [0.2, 0.25) is 5.02 Å². The van der Waals surface area contributed by atoms with E-state index in [9.17, 15) is 49.5 Å². The second-order valence-corrected chi connectivity index (χ2v) is 9.48. The smallest absolute Gasteiger partial charge is 0.347 e. The Balaban J connectivity index is 2.13. The Bertz CT molecular complexity index is 1540. The van der Waals surface area contributed by atoms with Gasteiger partial charge >= 0.3 is 12.5 Å². The lowest BCUT2D eigenvalue weighted by atomic mass is 9.96.